The van der Waals surface area contributed by atoms with Crippen molar-refractivity contribution >= 4 is 44.4 Å². The number of fused-ring (bicyclic) bond motifs is 6. The molecule has 0 aliphatic rings. The molecular formula is C28H16N10. The molecular weight excluding hydrogens is 476 g/mol. The molecule has 0 radical (unpaired) electrons. The van der Waals surface area contributed by atoms with Gasteiger partial charge in [-0.3, -0.25) is 19.1 Å². The van der Waals surface area contributed by atoms with Crippen molar-refractivity contribution < 1.29 is 0 Å². The SMILES string of the molecule is c1cnc2c3ncnnc3n(-c3ccc(-c4ccc(-n5c6cccnc6c6ncnnc65)cc4)cc3)c2c1. The third-order valence-electron chi connectivity index (χ3n) is 6.72. The van der Waals surface area contributed by atoms with Gasteiger partial charge in [0.05, 0.1) is 11.0 Å². The Bertz CT molecular complexity index is 1860. The fraction of sp³-hybridized carbons (Fsp3) is 0. The van der Waals surface area contributed by atoms with Gasteiger partial charge in [-0.05, 0) is 59.7 Å². The second-order valence-corrected chi connectivity index (χ2v) is 8.77. The molecule has 0 saturated carbocycles. The van der Waals surface area contributed by atoms with Gasteiger partial charge in [-0.15, -0.1) is 20.4 Å². The van der Waals surface area contributed by atoms with Gasteiger partial charge < -0.3 is 0 Å². The quantitative estimate of drug-likeness (QED) is 0.349. The minimum absolute atomic E-state index is 0.677. The smallest absolute Gasteiger partial charge is 0.188 e. The summed E-state index contributed by atoms with van der Waals surface area (Å²) in [7, 11) is 0. The van der Waals surface area contributed by atoms with E-state index in [4.69, 9.17) is 0 Å². The molecule has 2 aromatic carbocycles. The summed E-state index contributed by atoms with van der Waals surface area (Å²) in [5.74, 6) is 0. The molecule has 0 spiro atoms. The largest absolute Gasteiger partial charge is 0.289 e. The first-order valence-corrected chi connectivity index (χ1v) is 11.9. The lowest BCUT2D eigenvalue weighted by atomic mass is 10.0. The number of pyridine rings is 2. The average molecular weight is 493 g/mol. The van der Waals surface area contributed by atoms with Crippen LogP contribution in [0.4, 0.5) is 0 Å². The van der Waals surface area contributed by atoms with Crippen LogP contribution in [0.25, 0.3) is 66.9 Å². The molecule has 0 fully saturated rings. The van der Waals surface area contributed by atoms with Crippen LogP contribution in [-0.4, -0.2) is 49.5 Å². The Morgan fingerprint density at radius 2 is 0.895 bits per heavy atom. The number of hydrogen-bond acceptors (Lipinski definition) is 8. The lowest BCUT2D eigenvalue weighted by Gasteiger charge is -2.10. The first-order valence-electron chi connectivity index (χ1n) is 11.9. The molecule has 0 bridgehead atoms. The molecule has 10 heteroatoms. The first kappa shape index (κ1) is 20.5. The lowest BCUT2D eigenvalue weighted by molar-refractivity contribution is 0.983. The molecule has 8 rings (SSSR count). The summed E-state index contributed by atoms with van der Waals surface area (Å²) in [6.45, 7) is 0. The Morgan fingerprint density at radius 1 is 0.447 bits per heavy atom. The third kappa shape index (κ3) is 2.94. The van der Waals surface area contributed by atoms with E-state index in [-0.39, 0.29) is 0 Å². The van der Waals surface area contributed by atoms with Crippen LogP contribution in [-0.2, 0) is 0 Å². The van der Waals surface area contributed by atoms with E-state index in [2.05, 4.69) is 88.9 Å². The monoisotopic (exact) mass is 492 g/mol. The molecule has 38 heavy (non-hydrogen) atoms. The van der Waals surface area contributed by atoms with Crippen LogP contribution < -0.4 is 0 Å². The Hall–Kier alpha value is -5.64. The third-order valence-corrected chi connectivity index (χ3v) is 6.72. The van der Waals surface area contributed by atoms with Crippen molar-refractivity contribution in [2.24, 2.45) is 0 Å². The second kappa shape index (κ2) is 7.93. The number of benzene rings is 2. The summed E-state index contributed by atoms with van der Waals surface area (Å²) in [5.41, 5.74) is 10.4. The van der Waals surface area contributed by atoms with E-state index in [1.54, 1.807) is 12.4 Å². The fourth-order valence-corrected chi connectivity index (χ4v) is 5.05. The Morgan fingerprint density at radius 3 is 1.34 bits per heavy atom. The van der Waals surface area contributed by atoms with Gasteiger partial charge in [0, 0.05) is 23.8 Å². The molecule has 6 aromatic heterocycles. The van der Waals surface area contributed by atoms with E-state index in [1.807, 2.05) is 33.4 Å². The van der Waals surface area contributed by atoms with E-state index in [1.165, 1.54) is 12.7 Å². The maximum Gasteiger partial charge on any atom is 0.188 e. The standard InChI is InChI=1S/C28H16N10/c1-3-21-23(29-13-1)25-27(35-33-15-31-25)37(21)19-9-5-17(6-10-19)18-7-11-20(12-8-18)38-22-4-2-14-30-24(22)26-28(38)36-34-16-32-26/h1-16H. The van der Waals surface area contributed by atoms with Crippen molar-refractivity contribution in [1.29, 1.82) is 0 Å². The van der Waals surface area contributed by atoms with Gasteiger partial charge in [-0.1, -0.05) is 24.3 Å². The summed E-state index contributed by atoms with van der Waals surface area (Å²) >= 11 is 0. The van der Waals surface area contributed by atoms with Gasteiger partial charge >= 0.3 is 0 Å². The highest BCUT2D eigenvalue weighted by atomic mass is 15.2. The van der Waals surface area contributed by atoms with E-state index in [9.17, 15) is 0 Å². The van der Waals surface area contributed by atoms with Crippen LogP contribution in [0.15, 0.2) is 97.8 Å². The maximum atomic E-state index is 4.52. The van der Waals surface area contributed by atoms with Crippen molar-refractivity contribution in [1.82, 2.24) is 49.5 Å². The van der Waals surface area contributed by atoms with Gasteiger partial charge in [-0.2, -0.15) is 0 Å². The molecule has 6 heterocycles. The maximum absolute atomic E-state index is 4.52. The van der Waals surface area contributed by atoms with Crippen molar-refractivity contribution in [2.45, 2.75) is 0 Å². The van der Waals surface area contributed by atoms with E-state index in [0.717, 1.165) is 55.6 Å². The minimum Gasteiger partial charge on any atom is -0.289 e. The zero-order valence-electron chi connectivity index (χ0n) is 19.7. The molecule has 0 aliphatic carbocycles. The highest BCUT2D eigenvalue weighted by Crippen LogP contribution is 2.31. The summed E-state index contributed by atoms with van der Waals surface area (Å²) in [6.07, 6.45) is 6.43. The van der Waals surface area contributed by atoms with E-state index in [0.29, 0.717) is 11.3 Å². The predicted molar refractivity (Wildman–Crippen MR) is 143 cm³/mol. The topological polar surface area (TPSA) is 113 Å². The van der Waals surface area contributed by atoms with E-state index >= 15 is 0 Å². The molecule has 0 N–H and O–H groups in total. The average Bonchev–Trinajstić information content (AvgIpc) is 3.51. The van der Waals surface area contributed by atoms with Crippen LogP contribution >= 0.6 is 0 Å². The number of rotatable bonds is 3. The molecule has 0 amide bonds. The molecule has 0 atom stereocenters. The molecule has 10 nitrogen and oxygen atoms in total. The second-order valence-electron chi connectivity index (χ2n) is 8.77. The van der Waals surface area contributed by atoms with Crippen LogP contribution in [0.5, 0.6) is 0 Å². The summed E-state index contributed by atoms with van der Waals surface area (Å²) in [6, 6.07) is 24.5. The lowest BCUT2D eigenvalue weighted by Crippen LogP contribution is -1.97. The molecule has 0 aliphatic heterocycles. The van der Waals surface area contributed by atoms with Crippen LogP contribution in [0.1, 0.15) is 0 Å². The summed E-state index contributed by atoms with van der Waals surface area (Å²) in [4.78, 5) is 17.9. The zero-order chi connectivity index (χ0) is 25.1. The Balaban J connectivity index is 1.20. The van der Waals surface area contributed by atoms with Crippen LogP contribution in [0, 0.1) is 0 Å². The van der Waals surface area contributed by atoms with Gasteiger partial charge in [0.2, 0.25) is 0 Å². The number of nitrogens with zero attached hydrogens (tertiary/aromatic N) is 10. The van der Waals surface area contributed by atoms with E-state index < -0.39 is 0 Å². The highest BCUT2D eigenvalue weighted by Gasteiger charge is 2.17. The number of hydrogen-bond donors (Lipinski definition) is 0. The summed E-state index contributed by atoms with van der Waals surface area (Å²) in [5, 5.41) is 16.7. The van der Waals surface area contributed by atoms with Crippen LogP contribution in [0.3, 0.4) is 0 Å². The van der Waals surface area contributed by atoms with Crippen molar-refractivity contribution in [2.75, 3.05) is 0 Å². The highest BCUT2D eigenvalue weighted by molar-refractivity contribution is 6.03. The van der Waals surface area contributed by atoms with Gasteiger partial charge in [0.1, 0.15) is 34.7 Å². The van der Waals surface area contributed by atoms with Crippen molar-refractivity contribution in [3.05, 3.63) is 97.8 Å². The van der Waals surface area contributed by atoms with Gasteiger partial charge in [0.25, 0.3) is 0 Å². The summed E-state index contributed by atoms with van der Waals surface area (Å²) < 4.78 is 4.08. The fourth-order valence-electron chi connectivity index (χ4n) is 5.05. The molecule has 0 saturated heterocycles. The minimum atomic E-state index is 0.677. The predicted octanol–water partition coefficient (Wildman–Crippen LogP) is 4.71. The molecule has 178 valence electrons. The Kier molecular flexibility index (Phi) is 4.29. The Labute approximate surface area is 214 Å². The van der Waals surface area contributed by atoms with Crippen molar-refractivity contribution in [3.63, 3.8) is 0 Å². The zero-order valence-corrected chi connectivity index (χ0v) is 19.7. The van der Waals surface area contributed by atoms with Gasteiger partial charge in [0.15, 0.2) is 11.3 Å². The molecule has 8 aromatic rings. The number of aromatic nitrogens is 10. The van der Waals surface area contributed by atoms with Crippen LogP contribution in [0.2, 0.25) is 0 Å². The normalized spacial score (nSPS) is 11.7. The van der Waals surface area contributed by atoms with Crippen molar-refractivity contribution in [3.8, 4) is 22.5 Å². The van der Waals surface area contributed by atoms with Gasteiger partial charge in [-0.25, -0.2) is 9.97 Å². The first-order chi connectivity index (χ1) is 18.9. The molecule has 0 unspecified atom stereocenters.